The number of aryl methyl sites for hydroxylation is 2. The van der Waals surface area contributed by atoms with Crippen LogP contribution in [0.3, 0.4) is 0 Å². The van der Waals surface area contributed by atoms with Gasteiger partial charge in [-0.1, -0.05) is 24.1 Å². The third-order valence-corrected chi connectivity index (χ3v) is 5.10. The third-order valence-electron chi connectivity index (χ3n) is 5.10. The van der Waals surface area contributed by atoms with E-state index < -0.39 is 11.2 Å². The summed E-state index contributed by atoms with van der Waals surface area (Å²) in [5, 5.41) is 0. The van der Waals surface area contributed by atoms with Crippen molar-refractivity contribution >= 4 is 5.78 Å². The van der Waals surface area contributed by atoms with E-state index in [2.05, 4.69) is 4.98 Å². The number of aromatic nitrogens is 2. The Labute approximate surface area is 180 Å². The summed E-state index contributed by atoms with van der Waals surface area (Å²) in [5.74, 6) is 0.736. The fourth-order valence-corrected chi connectivity index (χ4v) is 3.67. The number of nitrogens with zero attached hydrogens (tertiary/aromatic N) is 1. The van der Waals surface area contributed by atoms with Gasteiger partial charge >= 0.3 is 5.69 Å². The maximum atomic E-state index is 13.2. The highest BCUT2D eigenvalue weighted by atomic mass is 16.5. The van der Waals surface area contributed by atoms with Crippen molar-refractivity contribution in [3.8, 4) is 11.5 Å². The number of carbonyl (C=O) groups excluding carboxylic acids is 1. The fourth-order valence-electron chi connectivity index (χ4n) is 3.67. The van der Waals surface area contributed by atoms with Gasteiger partial charge in [0.05, 0.1) is 26.5 Å². The highest BCUT2D eigenvalue weighted by Gasteiger charge is 2.20. The number of ketones is 1. The monoisotopic (exact) mass is 422 g/mol. The summed E-state index contributed by atoms with van der Waals surface area (Å²) < 4.78 is 11.6. The summed E-state index contributed by atoms with van der Waals surface area (Å²) in [7, 11) is 3.06. The van der Waals surface area contributed by atoms with Crippen LogP contribution >= 0.6 is 0 Å². The van der Waals surface area contributed by atoms with E-state index in [-0.39, 0.29) is 23.6 Å². The Kier molecular flexibility index (Phi) is 6.44. The lowest BCUT2D eigenvalue weighted by molar-refractivity contribution is 0.103. The first-order valence-corrected chi connectivity index (χ1v) is 9.98. The van der Waals surface area contributed by atoms with Crippen molar-refractivity contribution < 1.29 is 14.3 Å². The third kappa shape index (κ3) is 4.60. The summed E-state index contributed by atoms with van der Waals surface area (Å²) in [6, 6.07) is 10.6. The second-order valence-electron chi connectivity index (χ2n) is 7.45. The van der Waals surface area contributed by atoms with E-state index in [1.165, 1.54) is 14.2 Å². The molecule has 1 N–H and O–H groups in total. The van der Waals surface area contributed by atoms with Gasteiger partial charge in [0.2, 0.25) is 5.78 Å². The van der Waals surface area contributed by atoms with Crippen LogP contribution in [0.2, 0.25) is 0 Å². The number of nitrogens with one attached hydrogen (secondary N) is 1. The minimum Gasteiger partial charge on any atom is -0.497 e. The minimum absolute atomic E-state index is 0.0206. The normalized spacial score (nSPS) is 10.7. The van der Waals surface area contributed by atoms with Crippen LogP contribution in [-0.2, 0) is 13.0 Å². The highest BCUT2D eigenvalue weighted by Crippen LogP contribution is 2.22. The second-order valence-corrected chi connectivity index (χ2v) is 7.45. The van der Waals surface area contributed by atoms with Crippen LogP contribution < -0.4 is 20.7 Å². The quantitative estimate of drug-likeness (QED) is 0.591. The predicted molar refractivity (Wildman–Crippen MR) is 119 cm³/mol. The lowest BCUT2D eigenvalue weighted by Gasteiger charge is -2.13. The Bertz CT molecular complexity index is 1210. The summed E-state index contributed by atoms with van der Waals surface area (Å²) in [6.07, 6.45) is 0.308. The molecule has 0 unspecified atom stereocenters. The lowest BCUT2D eigenvalue weighted by atomic mass is 9.99. The van der Waals surface area contributed by atoms with Crippen molar-refractivity contribution in [1.29, 1.82) is 0 Å². The van der Waals surface area contributed by atoms with Crippen molar-refractivity contribution in [2.45, 2.75) is 33.7 Å². The number of benzene rings is 2. The first kappa shape index (κ1) is 22.1. The smallest absolute Gasteiger partial charge is 0.329 e. The molecule has 1 aromatic heterocycles. The molecule has 31 heavy (non-hydrogen) atoms. The molecule has 2 aromatic carbocycles. The number of H-pyrrole nitrogens is 1. The van der Waals surface area contributed by atoms with Crippen LogP contribution in [0, 0.1) is 13.8 Å². The van der Waals surface area contributed by atoms with Gasteiger partial charge in [0, 0.05) is 17.2 Å². The zero-order valence-corrected chi connectivity index (χ0v) is 18.4. The van der Waals surface area contributed by atoms with Crippen molar-refractivity contribution in [2.24, 2.45) is 0 Å². The lowest BCUT2D eigenvalue weighted by Crippen LogP contribution is -2.39. The van der Waals surface area contributed by atoms with Gasteiger partial charge < -0.3 is 14.5 Å². The first-order chi connectivity index (χ1) is 14.8. The molecule has 0 aliphatic carbocycles. The van der Waals surface area contributed by atoms with Gasteiger partial charge in [-0.05, 0) is 50.1 Å². The standard InChI is InChI=1S/C24H26N2O5/c1-6-20-21(22(27)17-8-14(2)7-15(3)9-17)25-24(29)26(23(20)28)13-16-10-18(30-4)12-19(11-16)31-5/h7-12H,6,13H2,1-5H3,(H,25,29). The molecule has 0 amide bonds. The van der Waals surface area contributed by atoms with Crippen LogP contribution in [-0.4, -0.2) is 29.6 Å². The molecule has 0 saturated carbocycles. The number of carbonyl (C=O) groups is 1. The summed E-state index contributed by atoms with van der Waals surface area (Å²) in [4.78, 5) is 41.7. The molecule has 7 nitrogen and oxygen atoms in total. The fraction of sp³-hybridized carbons (Fsp3) is 0.292. The molecular formula is C24H26N2O5. The summed E-state index contributed by atoms with van der Waals surface area (Å²) in [5.41, 5.74) is 2.17. The molecule has 3 rings (SSSR count). The minimum atomic E-state index is -0.642. The Hall–Kier alpha value is -3.61. The van der Waals surface area contributed by atoms with Crippen LogP contribution in [0.25, 0.3) is 0 Å². The van der Waals surface area contributed by atoms with Gasteiger partial charge in [-0.3, -0.25) is 14.2 Å². The number of ether oxygens (including phenoxy) is 2. The van der Waals surface area contributed by atoms with E-state index in [0.717, 1.165) is 15.7 Å². The summed E-state index contributed by atoms with van der Waals surface area (Å²) >= 11 is 0. The van der Waals surface area contributed by atoms with Crippen molar-refractivity contribution in [3.05, 3.63) is 90.7 Å². The topological polar surface area (TPSA) is 90.4 Å². The molecule has 0 atom stereocenters. The van der Waals surface area contributed by atoms with Crippen LogP contribution in [0.5, 0.6) is 11.5 Å². The number of methoxy groups -OCH3 is 2. The number of hydrogen-bond donors (Lipinski definition) is 1. The molecule has 0 spiro atoms. The molecule has 0 saturated heterocycles. The van der Waals surface area contributed by atoms with Gasteiger partial charge in [0.25, 0.3) is 5.56 Å². The molecule has 0 fully saturated rings. The Morgan fingerprint density at radius 2 is 1.52 bits per heavy atom. The van der Waals surface area contributed by atoms with Gasteiger partial charge in [-0.2, -0.15) is 0 Å². The van der Waals surface area contributed by atoms with Crippen molar-refractivity contribution in [2.75, 3.05) is 14.2 Å². The van der Waals surface area contributed by atoms with E-state index in [1.54, 1.807) is 37.3 Å². The van der Waals surface area contributed by atoms with Crippen molar-refractivity contribution in [3.63, 3.8) is 0 Å². The molecule has 162 valence electrons. The van der Waals surface area contributed by atoms with E-state index in [9.17, 15) is 14.4 Å². The van der Waals surface area contributed by atoms with E-state index >= 15 is 0 Å². The zero-order chi connectivity index (χ0) is 22.7. The summed E-state index contributed by atoms with van der Waals surface area (Å²) in [6.45, 7) is 5.60. The maximum absolute atomic E-state index is 13.2. The average Bonchev–Trinajstić information content (AvgIpc) is 2.74. The molecule has 0 aliphatic heterocycles. The Morgan fingerprint density at radius 3 is 2.03 bits per heavy atom. The van der Waals surface area contributed by atoms with E-state index in [0.29, 0.717) is 29.0 Å². The Morgan fingerprint density at radius 1 is 0.935 bits per heavy atom. The average molecular weight is 422 g/mol. The SMILES string of the molecule is CCc1c(C(=O)c2cc(C)cc(C)c2)[nH]c(=O)n(Cc2cc(OC)cc(OC)c2)c1=O. The number of hydrogen-bond acceptors (Lipinski definition) is 5. The van der Waals surface area contributed by atoms with Crippen LogP contribution in [0.4, 0.5) is 0 Å². The van der Waals surface area contributed by atoms with Gasteiger partial charge in [-0.25, -0.2) is 4.79 Å². The predicted octanol–water partition coefficient (Wildman–Crippen LogP) is 3.01. The second kappa shape index (κ2) is 9.04. The number of aromatic amines is 1. The molecule has 7 heteroatoms. The van der Waals surface area contributed by atoms with Crippen LogP contribution in [0.1, 0.15) is 45.2 Å². The molecule has 1 heterocycles. The van der Waals surface area contributed by atoms with Crippen molar-refractivity contribution in [1.82, 2.24) is 9.55 Å². The van der Waals surface area contributed by atoms with Crippen LogP contribution in [0.15, 0.2) is 46.0 Å². The maximum Gasteiger partial charge on any atom is 0.329 e. The van der Waals surface area contributed by atoms with E-state index in [4.69, 9.17) is 9.47 Å². The highest BCUT2D eigenvalue weighted by molar-refractivity contribution is 6.08. The molecule has 0 aliphatic rings. The van der Waals surface area contributed by atoms with Gasteiger partial charge in [-0.15, -0.1) is 0 Å². The van der Waals surface area contributed by atoms with Gasteiger partial charge in [0.15, 0.2) is 0 Å². The Balaban J connectivity index is 2.09. The van der Waals surface area contributed by atoms with E-state index in [1.807, 2.05) is 19.9 Å². The zero-order valence-electron chi connectivity index (χ0n) is 18.4. The molecular weight excluding hydrogens is 396 g/mol. The molecule has 0 bridgehead atoms. The largest absolute Gasteiger partial charge is 0.497 e. The number of rotatable bonds is 7. The first-order valence-electron chi connectivity index (χ1n) is 9.98. The molecule has 3 aromatic rings. The van der Waals surface area contributed by atoms with Gasteiger partial charge in [0.1, 0.15) is 11.5 Å². The molecule has 0 radical (unpaired) electrons.